The number of hydrogen-bond acceptors (Lipinski definition) is 7. The first-order valence-electron chi connectivity index (χ1n) is 9.02. The molecule has 8 nitrogen and oxygen atoms in total. The van der Waals surface area contributed by atoms with Gasteiger partial charge >= 0.3 is 0 Å². The highest BCUT2D eigenvalue weighted by Gasteiger charge is 2.22. The van der Waals surface area contributed by atoms with Crippen molar-refractivity contribution >= 4 is 22.4 Å². The van der Waals surface area contributed by atoms with Crippen molar-refractivity contribution in [1.82, 2.24) is 19.9 Å². The normalized spacial score (nSPS) is 10.9. The van der Waals surface area contributed by atoms with Crippen LogP contribution in [-0.4, -0.2) is 25.8 Å². The molecule has 0 aliphatic heterocycles. The molecule has 0 aliphatic rings. The van der Waals surface area contributed by atoms with Gasteiger partial charge in [0.25, 0.3) is 5.91 Å². The fourth-order valence-corrected chi connectivity index (χ4v) is 3.62. The van der Waals surface area contributed by atoms with Gasteiger partial charge in [0.2, 0.25) is 0 Å². The number of benzene rings is 1. The van der Waals surface area contributed by atoms with Gasteiger partial charge in [-0.2, -0.15) is 5.10 Å². The highest BCUT2D eigenvalue weighted by molar-refractivity contribution is 7.14. The molecule has 10 heteroatoms. The summed E-state index contributed by atoms with van der Waals surface area (Å²) in [5, 5.41) is 13.1. The molecule has 0 unspecified atom stereocenters. The summed E-state index contributed by atoms with van der Waals surface area (Å²) in [5.74, 6) is -0.468. The minimum atomic E-state index is -0.487. The van der Waals surface area contributed by atoms with Crippen LogP contribution in [0, 0.1) is 19.7 Å². The van der Waals surface area contributed by atoms with Gasteiger partial charge in [-0.05, 0) is 26.0 Å². The average molecular weight is 427 g/mol. The molecule has 154 valence electrons. The fraction of sp³-hybridized carbons (Fsp3) is 0.200. The number of aromatic nitrogens is 4. The fourth-order valence-electron chi connectivity index (χ4n) is 2.91. The van der Waals surface area contributed by atoms with Crippen LogP contribution < -0.4 is 10.1 Å². The van der Waals surface area contributed by atoms with Crippen molar-refractivity contribution in [2.24, 2.45) is 7.05 Å². The van der Waals surface area contributed by atoms with E-state index < -0.39 is 11.7 Å². The summed E-state index contributed by atoms with van der Waals surface area (Å²) in [6, 6.07) is 6.04. The number of nitrogens with one attached hydrogen (secondary N) is 1. The third-order valence-electron chi connectivity index (χ3n) is 4.42. The highest BCUT2D eigenvalue weighted by Crippen LogP contribution is 2.27. The molecule has 0 spiro atoms. The number of thiazole rings is 1. The average Bonchev–Trinajstić information content (AvgIpc) is 3.40. The summed E-state index contributed by atoms with van der Waals surface area (Å²) >= 11 is 1.29. The number of aryl methyl sites for hydroxylation is 3. The number of carbonyl (C=O) groups excluding carboxylic acids is 1. The van der Waals surface area contributed by atoms with Crippen molar-refractivity contribution in [2.75, 3.05) is 5.32 Å². The quantitative estimate of drug-likeness (QED) is 0.497. The number of halogens is 1. The molecule has 30 heavy (non-hydrogen) atoms. The van der Waals surface area contributed by atoms with E-state index in [0.29, 0.717) is 16.5 Å². The minimum Gasteiger partial charge on any atom is -0.486 e. The first-order chi connectivity index (χ1) is 14.4. The second-order valence-corrected chi connectivity index (χ2v) is 7.44. The summed E-state index contributed by atoms with van der Waals surface area (Å²) in [5.41, 5.74) is 2.97. The summed E-state index contributed by atoms with van der Waals surface area (Å²) in [6.45, 7) is 3.50. The van der Waals surface area contributed by atoms with Gasteiger partial charge in [-0.15, -0.1) is 11.3 Å². The lowest BCUT2D eigenvalue weighted by atomic mass is 10.2. The van der Waals surface area contributed by atoms with Crippen LogP contribution in [0.25, 0.3) is 11.3 Å². The van der Waals surface area contributed by atoms with Crippen LogP contribution in [0.3, 0.4) is 0 Å². The monoisotopic (exact) mass is 427 g/mol. The predicted molar refractivity (Wildman–Crippen MR) is 109 cm³/mol. The number of ether oxygens (including phenoxy) is 1. The molecule has 1 amide bonds. The Kier molecular flexibility index (Phi) is 5.32. The van der Waals surface area contributed by atoms with Gasteiger partial charge in [-0.3, -0.25) is 14.8 Å². The molecule has 1 aromatic carbocycles. The summed E-state index contributed by atoms with van der Waals surface area (Å²) < 4.78 is 26.1. The van der Waals surface area contributed by atoms with Gasteiger partial charge in [0.15, 0.2) is 22.4 Å². The van der Waals surface area contributed by atoms with Gasteiger partial charge in [-0.25, -0.2) is 9.37 Å². The van der Waals surface area contributed by atoms with E-state index in [1.165, 1.54) is 23.5 Å². The van der Waals surface area contributed by atoms with Crippen molar-refractivity contribution in [3.05, 3.63) is 64.4 Å². The van der Waals surface area contributed by atoms with E-state index in [4.69, 9.17) is 9.26 Å². The molecular formula is C20H18FN5O3S. The molecule has 0 fully saturated rings. The summed E-state index contributed by atoms with van der Waals surface area (Å²) in [6.07, 6.45) is 1.87. The Morgan fingerprint density at radius 2 is 2.13 bits per heavy atom. The number of nitrogens with zero attached hydrogens (tertiary/aromatic N) is 4. The van der Waals surface area contributed by atoms with Crippen LogP contribution in [0.2, 0.25) is 0 Å². The zero-order valence-electron chi connectivity index (χ0n) is 16.5. The van der Waals surface area contributed by atoms with E-state index >= 15 is 0 Å². The van der Waals surface area contributed by atoms with Crippen molar-refractivity contribution in [3.63, 3.8) is 0 Å². The number of amides is 1. The number of anilines is 1. The van der Waals surface area contributed by atoms with Crippen LogP contribution in [0.1, 0.15) is 27.5 Å². The van der Waals surface area contributed by atoms with E-state index in [2.05, 4.69) is 20.6 Å². The van der Waals surface area contributed by atoms with E-state index in [1.807, 2.05) is 25.5 Å². The van der Waals surface area contributed by atoms with Gasteiger partial charge < -0.3 is 9.26 Å². The van der Waals surface area contributed by atoms with E-state index in [9.17, 15) is 9.18 Å². The molecule has 0 radical (unpaired) electrons. The molecular weight excluding hydrogens is 409 g/mol. The second kappa shape index (κ2) is 8.07. The third-order valence-corrected chi connectivity index (χ3v) is 5.18. The zero-order valence-corrected chi connectivity index (χ0v) is 17.3. The lowest BCUT2D eigenvalue weighted by Gasteiger charge is -2.07. The van der Waals surface area contributed by atoms with E-state index in [1.54, 1.807) is 23.7 Å². The van der Waals surface area contributed by atoms with Gasteiger partial charge in [0.05, 0.1) is 17.0 Å². The predicted octanol–water partition coefficient (Wildman–Crippen LogP) is 4.12. The van der Waals surface area contributed by atoms with Crippen LogP contribution in [0.15, 0.2) is 40.4 Å². The maximum Gasteiger partial charge on any atom is 0.280 e. The Labute approximate surface area is 175 Å². The Morgan fingerprint density at radius 3 is 2.87 bits per heavy atom. The second-order valence-electron chi connectivity index (χ2n) is 6.58. The molecule has 4 aromatic rings. The maximum absolute atomic E-state index is 13.8. The Balaban J connectivity index is 1.49. The van der Waals surface area contributed by atoms with Crippen LogP contribution >= 0.6 is 11.3 Å². The lowest BCUT2D eigenvalue weighted by Crippen LogP contribution is -2.15. The molecule has 3 heterocycles. The topological polar surface area (TPSA) is 95.1 Å². The lowest BCUT2D eigenvalue weighted by molar-refractivity contribution is 0.101. The molecule has 0 bridgehead atoms. The number of para-hydroxylation sites is 1. The largest absolute Gasteiger partial charge is 0.486 e. The summed E-state index contributed by atoms with van der Waals surface area (Å²) in [7, 11) is 1.84. The highest BCUT2D eigenvalue weighted by atomic mass is 32.1. The number of carbonyl (C=O) groups is 1. The van der Waals surface area contributed by atoms with Crippen molar-refractivity contribution in [2.45, 2.75) is 20.5 Å². The van der Waals surface area contributed by atoms with Crippen molar-refractivity contribution in [3.8, 4) is 17.0 Å². The third kappa shape index (κ3) is 3.94. The Hall–Kier alpha value is -3.53. The van der Waals surface area contributed by atoms with Crippen molar-refractivity contribution < 1.29 is 18.4 Å². The first-order valence-corrected chi connectivity index (χ1v) is 9.90. The number of hydrogen-bond donors (Lipinski definition) is 1. The van der Waals surface area contributed by atoms with E-state index in [-0.39, 0.29) is 18.1 Å². The first kappa shape index (κ1) is 19.8. The van der Waals surface area contributed by atoms with Crippen LogP contribution in [0.4, 0.5) is 9.52 Å². The maximum atomic E-state index is 13.8. The molecule has 0 aliphatic carbocycles. The van der Waals surface area contributed by atoms with Gasteiger partial charge in [0, 0.05) is 24.2 Å². The van der Waals surface area contributed by atoms with Gasteiger partial charge in [-0.1, -0.05) is 17.3 Å². The van der Waals surface area contributed by atoms with E-state index in [0.717, 1.165) is 17.0 Å². The smallest absolute Gasteiger partial charge is 0.280 e. The van der Waals surface area contributed by atoms with Gasteiger partial charge in [0.1, 0.15) is 12.4 Å². The molecule has 0 saturated heterocycles. The Morgan fingerprint density at radius 1 is 1.33 bits per heavy atom. The zero-order chi connectivity index (χ0) is 21.3. The van der Waals surface area contributed by atoms with Crippen LogP contribution in [-0.2, 0) is 13.7 Å². The molecule has 1 N–H and O–H groups in total. The Bertz CT molecular complexity index is 1210. The van der Waals surface area contributed by atoms with Crippen molar-refractivity contribution in [1.29, 1.82) is 0 Å². The standard InChI is InChI=1S/C20H18FN5O3S/c1-11-13(8-26(3)24-11)16-10-30-20(22-16)23-19(27)18-14(12(2)29-25-18)9-28-17-7-5-4-6-15(17)21/h4-8,10H,9H2,1-3H3,(H,22,23,27). The SMILES string of the molecule is Cc1nn(C)cc1-c1csc(NC(=O)c2noc(C)c2COc2ccccc2F)n1. The summed E-state index contributed by atoms with van der Waals surface area (Å²) in [4.78, 5) is 17.2. The van der Waals surface area contributed by atoms with Crippen LogP contribution in [0.5, 0.6) is 5.75 Å². The number of rotatable bonds is 6. The molecule has 0 saturated carbocycles. The molecule has 0 atom stereocenters. The molecule has 3 aromatic heterocycles. The minimum absolute atomic E-state index is 0.0585. The molecule has 4 rings (SSSR count).